The normalized spacial score (nSPS) is 9.94. The molecule has 1 heterocycles. The second-order valence-corrected chi connectivity index (χ2v) is 3.79. The summed E-state index contributed by atoms with van der Waals surface area (Å²) in [6, 6.07) is 3.46. The van der Waals surface area contributed by atoms with Crippen molar-refractivity contribution in [2.45, 2.75) is 20.3 Å². The molecular formula is C11H16ClN3O. The number of hydrogen-bond donors (Lipinski definition) is 2. The van der Waals surface area contributed by atoms with Crippen molar-refractivity contribution in [3.05, 3.63) is 23.5 Å². The van der Waals surface area contributed by atoms with E-state index in [1.54, 1.807) is 0 Å². The minimum Gasteiger partial charge on any atom is -0.337 e. The summed E-state index contributed by atoms with van der Waals surface area (Å²) in [7, 11) is 0. The number of alkyl halides is 1. The maximum atomic E-state index is 11.4. The van der Waals surface area contributed by atoms with Crippen molar-refractivity contribution < 1.29 is 4.79 Å². The summed E-state index contributed by atoms with van der Waals surface area (Å²) in [6.45, 7) is 4.39. The average molecular weight is 242 g/mol. The van der Waals surface area contributed by atoms with Gasteiger partial charge in [-0.3, -0.25) is 4.98 Å². The van der Waals surface area contributed by atoms with E-state index in [2.05, 4.69) is 15.6 Å². The van der Waals surface area contributed by atoms with Crippen LogP contribution >= 0.6 is 11.6 Å². The van der Waals surface area contributed by atoms with Crippen molar-refractivity contribution in [3.8, 4) is 0 Å². The molecule has 16 heavy (non-hydrogen) atoms. The fourth-order valence-corrected chi connectivity index (χ4v) is 1.42. The summed E-state index contributed by atoms with van der Waals surface area (Å²) < 4.78 is 0. The number of pyridine rings is 1. The topological polar surface area (TPSA) is 54.0 Å². The highest BCUT2D eigenvalue weighted by Gasteiger charge is 2.03. The number of urea groups is 1. The molecule has 0 bridgehead atoms. The van der Waals surface area contributed by atoms with Crippen molar-refractivity contribution >= 4 is 23.3 Å². The van der Waals surface area contributed by atoms with E-state index in [-0.39, 0.29) is 6.03 Å². The predicted octanol–water partition coefficient (Wildman–Crippen LogP) is 2.31. The van der Waals surface area contributed by atoms with Gasteiger partial charge in [0.1, 0.15) is 0 Å². The highest BCUT2D eigenvalue weighted by atomic mass is 35.5. The lowest BCUT2D eigenvalue weighted by Gasteiger charge is -2.08. The van der Waals surface area contributed by atoms with Gasteiger partial charge in [0.2, 0.25) is 0 Å². The van der Waals surface area contributed by atoms with Crippen LogP contribution in [0, 0.1) is 6.92 Å². The Morgan fingerprint density at radius 2 is 2.25 bits per heavy atom. The van der Waals surface area contributed by atoms with Gasteiger partial charge in [-0.15, -0.1) is 11.6 Å². The molecular weight excluding hydrogens is 226 g/mol. The molecule has 88 valence electrons. The van der Waals surface area contributed by atoms with Crippen LogP contribution < -0.4 is 10.6 Å². The zero-order valence-electron chi connectivity index (χ0n) is 9.51. The van der Waals surface area contributed by atoms with Crippen molar-refractivity contribution in [2.75, 3.05) is 17.7 Å². The molecule has 0 aliphatic carbocycles. The summed E-state index contributed by atoms with van der Waals surface area (Å²) >= 11 is 5.47. The van der Waals surface area contributed by atoms with Gasteiger partial charge < -0.3 is 10.6 Å². The number of aromatic nitrogens is 1. The molecule has 1 aromatic heterocycles. The van der Waals surface area contributed by atoms with E-state index < -0.39 is 0 Å². The van der Waals surface area contributed by atoms with Crippen molar-refractivity contribution in [2.24, 2.45) is 0 Å². The van der Waals surface area contributed by atoms with E-state index >= 15 is 0 Å². The standard InChI is InChI=1S/C11H16ClN3O/c1-3-9-7-10(6-8(2)14-9)15-11(16)13-5-4-12/h6-7H,3-5H2,1-2H3,(H2,13,14,15,16). The van der Waals surface area contributed by atoms with E-state index in [0.29, 0.717) is 12.4 Å². The van der Waals surface area contributed by atoms with Gasteiger partial charge in [0, 0.05) is 29.5 Å². The maximum Gasteiger partial charge on any atom is 0.319 e. The third-order valence-corrected chi connectivity index (χ3v) is 2.20. The van der Waals surface area contributed by atoms with E-state index in [0.717, 1.165) is 23.5 Å². The number of nitrogens with zero attached hydrogens (tertiary/aromatic N) is 1. The van der Waals surface area contributed by atoms with E-state index in [1.807, 2.05) is 26.0 Å². The van der Waals surface area contributed by atoms with E-state index in [1.165, 1.54) is 0 Å². The molecule has 1 aromatic rings. The van der Waals surface area contributed by atoms with Crippen LogP contribution in [0.2, 0.25) is 0 Å². The van der Waals surface area contributed by atoms with Gasteiger partial charge >= 0.3 is 6.03 Å². The lowest BCUT2D eigenvalue weighted by molar-refractivity contribution is 0.252. The first-order valence-electron chi connectivity index (χ1n) is 5.24. The summed E-state index contributed by atoms with van der Waals surface area (Å²) in [4.78, 5) is 15.7. The summed E-state index contributed by atoms with van der Waals surface area (Å²) in [5.74, 6) is 0.406. The van der Waals surface area contributed by atoms with Crippen molar-refractivity contribution in [3.63, 3.8) is 0 Å². The van der Waals surface area contributed by atoms with Crippen LogP contribution in [-0.4, -0.2) is 23.4 Å². The molecule has 0 aromatic carbocycles. The second-order valence-electron chi connectivity index (χ2n) is 3.41. The van der Waals surface area contributed by atoms with Gasteiger partial charge in [-0.1, -0.05) is 6.92 Å². The summed E-state index contributed by atoms with van der Waals surface area (Å²) in [5.41, 5.74) is 2.62. The third kappa shape index (κ3) is 4.06. The smallest absolute Gasteiger partial charge is 0.319 e. The number of hydrogen-bond acceptors (Lipinski definition) is 2. The average Bonchev–Trinajstić information content (AvgIpc) is 2.25. The largest absolute Gasteiger partial charge is 0.337 e. The highest BCUT2D eigenvalue weighted by molar-refractivity contribution is 6.18. The molecule has 0 saturated carbocycles. The third-order valence-electron chi connectivity index (χ3n) is 2.01. The lowest BCUT2D eigenvalue weighted by atomic mass is 10.2. The first kappa shape index (κ1) is 12.8. The Kier molecular flexibility index (Phi) is 5.05. The highest BCUT2D eigenvalue weighted by Crippen LogP contribution is 2.11. The zero-order valence-corrected chi connectivity index (χ0v) is 10.3. The SMILES string of the molecule is CCc1cc(NC(=O)NCCCl)cc(C)n1. The van der Waals surface area contributed by atoms with Gasteiger partial charge in [-0.2, -0.15) is 0 Å². The fourth-order valence-electron chi connectivity index (χ4n) is 1.33. The van der Waals surface area contributed by atoms with Gasteiger partial charge in [0.25, 0.3) is 0 Å². The van der Waals surface area contributed by atoms with Gasteiger partial charge in [0.05, 0.1) is 0 Å². The first-order chi connectivity index (χ1) is 7.65. The Morgan fingerprint density at radius 1 is 1.50 bits per heavy atom. The van der Waals surface area contributed by atoms with Crippen LogP contribution in [0.4, 0.5) is 10.5 Å². The van der Waals surface area contributed by atoms with Crippen LogP contribution in [0.5, 0.6) is 0 Å². The Bertz CT molecular complexity index is 368. The Hall–Kier alpha value is -1.29. The fraction of sp³-hybridized carbons (Fsp3) is 0.455. The van der Waals surface area contributed by atoms with Gasteiger partial charge in [0.15, 0.2) is 0 Å². The molecule has 0 unspecified atom stereocenters. The lowest BCUT2D eigenvalue weighted by Crippen LogP contribution is -2.30. The molecule has 0 aliphatic rings. The monoisotopic (exact) mass is 241 g/mol. The molecule has 0 aliphatic heterocycles. The van der Waals surface area contributed by atoms with E-state index in [9.17, 15) is 4.79 Å². The first-order valence-corrected chi connectivity index (χ1v) is 5.77. The number of nitrogens with one attached hydrogen (secondary N) is 2. The van der Waals surface area contributed by atoms with Crippen molar-refractivity contribution in [1.82, 2.24) is 10.3 Å². The van der Waals surface area contributed by atoms with Gasteiger partial charge in [-0.25, -0.2) is 4.79 Å². The molecule has 0 radical (unpaired) electrons. The minimum atomic E-state index is -0.242. The van der Waals surface area contributed by atoms with Crippen molar-refractivity contribution in [1.29, 1.82) is 0 Å². The Morgan fingerprint density at radius 3 is 2.88 bits per heavy atom. The predicted molar refractivity (Wildman–Crippen MR) is 66.1 cm³/mol. The number of rotatable bonds is 4. The Labute approximate surface area is 100 Å². The van der Waals surface area contributed by atoms with Crippen LogP contribution in [0.25, 0.3) is 0 Å². The van der Waals surface area contributed by atoms with Crippen LogP contribution in [-0.2, 0) is 6.42 Å². The van der Waals surface area contributed by atoms with Gasteiger partial charge in [-0.05, 0) is 25.5 Å². The number of carbonyl (C=O) groups excluding carboxylic acids is 1. The number of halogens is 1. The summed E-state index contributed by atoms with van der Waals surface area (Å²) in [6.07, 6.45) is 0.847. The molecule has 0 saturated heterocycles. The van der Waals surface area contributed by atoms with Crippen LogP contribution in [0.15, 0.2) is 12.1 Å². The van der Waals surface area contributed by atoms with Crippen LogP contribution in [0.1, 0.15) is 18.3 Å². The maximum absolute atomic E-state index is 11.4. The quantitative estimate of drug-likeness (QED) is 0.795. The molecule has 4 nitrogen and oxygen atoms in total. The van der Waals surface area contributed by atoms with E-state index in [4.69, 9.17) is 11.6 Å². The zero-order chi connectivity index (χ0) is 12.0. The molecule has 5 heteroatoms. The summed E-state index contributed by atoms with van der Waals surface area (Å²) in [5, 5.41) is 5.38. The minimum absolute atomic E-state index is 0.242. The molecule has 0 atom stereocenters. The molecule has 1 rings (SSSR count). The Balaban J connectivity index is 2.65. The number of aryl methyl sites for hydroxylation is 2. The molecule has 0 fully saturated rings. The van der Waals surface area contributed by atoms with Crippen LogP contribution in [0.3, 0.4) is 0 Å². The number of amides is 2. The number of carbonyl (C=O) groups is 1. The molecule has 2 amide bonds. The molecule has 2 N–H and O–H groups in total. The number of anilines is 1. The molecule has 0 spiro atoms. The second kappa shape index (κ2) is 6.33.